The minimum Gasteiger partial charge on any atom is -0.355 e. The van der Waals surface area contributed by atoms with Crippen molar-refractivity contribution >= 4 is 0 Å². The lowest BCUT2D eigenvalue weighted by molar-refractivity contribution is 0.482. The third-order valence-corrected chi connectivity index (χ3v) is 1.84. The SMILES string of the molecule is CCC=CN(C=CCC)CCCC. The third kappa shape index (κ3) is 7.63. The molecule has 0 unspecified atom stereocenters. The van der Waals surface area contributed by atoms with Gasteiger partial charge in [-0.05, 0) is 31.7 Å². The summed E-state index contributed by atoms with van der Waals surface area (Å²) in [6.45, 7) is 7.70. The summed E-state index contributed by atoms with van der Waals surface area (Å²) in [4.78, 5) is 2.27. The molecular formula is C12H23N. The van der Waals surface area contributed by atoms with Crippen molar-refractivity contribution in [2.75, 3.05) is 6.54 Å². The van der Waals surface area contributed by atoms with Crippen LogP contribution in [0.25, 0.3) is 0 Å². The van der Waals surface area contributed by atoms with E-state index < -0.39 is 0 Å². The number of hydrogen-bond acceptors (Lipinski definition) is 1. The summed E-state index contributed by atoms with van der Waals surface area (Å²) in [6, 6.07) is 0. The maximum absolute atomic E-state index is 2.27. The van der Waals surface area contributed by atoms with Crippen LogP contribution in [0.3, 0.4) is 0 Å². The average Bonchev–Trinajstić information content (AvgIpc) is 2.17. The van der Waals surface area contributed by atoms with Gasteiger partial charge in [-0.1, -0.05) is 39.3 Å². The van der Waals surface area contributed by atoms with Gasteiger partial charge in [0.05, 0.1) is 0 Å². The van der Waals surface area contributed by atoms with Crippen LogP contribution in [0.1, 0.15) is 46.5 Å². The Morgan fingerprint density at radius 2 is 1.46 bits per heavy atom. The van der Waals surface area contributed by atoms with E-state index in [9.17, 15) is 0 Å². The second-order valence-corrected chi connectivity index (χ2v) is 3.18. The topological polar surface area (TPSA) is 3.24 Å². The average molecular weight is 181 g/mol. The molecule has 0 N–H and O–H groups in total. The fourth-order valence-electron chi connectivity index (χ4n) is 1.02. The first-order chi connectivity index (χ1) is 6.35. The Labute approximate surface area is 83.1 Å². The Hall–Kier alpha value is -0.720. The number of hydrogen-bond donors (Lipinski definition) is 0. The van der Waals surface area contributed by atoms with E-state index in [0.717, 1.165) is 19.4 Å². The highest BCUT2D eigenvalue weighted by Crippen LogP contribution is 1.99. The molecule has 0 bridgehead atoms. The molecule has 0 aromatic carbocycles. The van der Waals surface area contributed by atoms with E-state index >= 15 is 0 Å². The number of allylic oxidation sites excluding steroid dienone is 2. The van der Waals surface area contributed by atoms with Crippen molar-refractivity contribution < 1.29 is 0 Å². The van der Waals surface area contributed by atoms with Crippen LogP contribution in [0.2, 0.25) is 0 Å². The molecule has 0 saturated heterocycles. The minimum absolute atomic E-state index is 1.11. The molecule has 0 heterocycles. The van der Waals surface area contributed by atoms with Crippen molar-refractivity contribution in [3.05, 3.63) is 24.6 Å². The standard InChI is InChI=1S/C12H23N/c1-4-7-10-13(11-8-5-2)12-9-6-3/h7-8,10-11H,4-6,9,12H2,1-3H3. The predicted octanol–water partition coefficient (Wildman–Crippen LogP) is 3.94. The highest BCUT2D eigenvalue weighted by Gasteiger charge is 1.91. The summed E-state index contributed by atoms with van der Waals surface area (Å²) in [5.74, 6) is 0. The summed E-state index contributed by atoms with van der Waals surface area (Å²) in [5, 5.41) is 0. The molecule has 0 fully saturated rings. The first kappa shape index (κ1) is 12.3. The van der Waals surface area contributed by atoms with E-state index in [1.165, 1.54) is 12.8 Å². The van der Waals surface area contributed by atoms with E-state index in [2.05, 4.69) is 50.2 Å². The van der Waals surface area contributed by atoms with Gasteiger partial charge >= 0.3 is 0 Å². The van der Waals surface area contributed by atoms with E-state index in [4.69, 9.17) is 0 Å². The lowest BCUT2D eigenvalue weighted by Crippen LogP contribution is -2.10. The Balaban J connectivity index is 3.87. The van der Waals surface area contributed by atoms with Gasteiger partial charge < -0.3 is 4.90 Å². The van der Waals surface area contributed by atoms with Crippen LogP contribution < -0.4 is 0 Å². The van der Waals surface area contributed by atoms with Gasteiger partial charge in [0.25, 0.3) is 0 Å². The molecule has 0 aliphatic carbocycles. The van der Waals surface area contributed by atoms with Gasteiger partial charge in [0.2, 0.25) is 0 Å². The Kier molecular flexibility index (Phi) is 8.85. The van der Waals surface area contributed by atoms with E-state index in [1.807, 2.05) is 0 Å². The lowest BCUT2D eigenvalue weighted by atomic mass is 10.3. The van der Waals surface area contributed by atoms with Gasteiger partial charge in [0.1, 0.15) is 0 Å². The summed E-state index contributed by atoms with van der Waals surface area (Å²) in [6.07, 6.45) is 13.5. The van der Waals surface area contributed by atoms with E-state index in [0.29, 0.717) is 0 Å². The Bertz CT molecular complexity index is 133. The summed E-state index contributed by atoms with van der Waals surface area (Å²) < 4.78 is 0. The van der Waals surface area contributed by atoms with Crippen molar-refractivity contribution in [2.45, 2.75) is 46.5 Å². The molecule has 0 spiro atoms. The smallest absolute Gasteiger partial charge is 0.0219 e. The normalized spacial score (nSPS) is 11.6. The molecule has 76 valence electrons. The Morgan fingerprint density at radius 3 is 1.85 bits per heavy atom. The van der Waals surface area contributed by atoms with Crippen LogP contribution >= 0.6 is 0 Å². The van der Waals surface area contributed by atoms with Gasteiger partial charge in [-0.3, -0.25) is 0 Å². The lowest BCUT2D eigenvalue weighted by Gasteiger charge is -2.14. The molecular weight excluding hydrogens is 158 g/mol. The van der Waals surface area contributed by atoms with Gasteiger partial charge in [0, 0.05) is 6.54 Å². The molecule has 0 aromatic rings. The zero-order valence-electron chi connectivity index (χ0n) is 9.29. The zero-order valence-corrected chi connectivity index (χ0v) is 9.29. The van der Waals surface area contributed by atoms with Gasteiger partial charge in [-0.2, -0.15) is 0 Å². The van der Waals surface area contributed by atoms with E-state index in [-0.39, 0.29) is 0 Å². The molecule has 0 aliphatic rings. The zero-order chi connectivity index (χ0) is 9.94. The minimum atomic E-state index is 1.11. The summed E-state index contributed by atoms with van der Waals surface area (Å²) >= 11 is 0. The highest BCUT2D eigenvalue weighted by molar-refractivity contribution is 4.91. The van der Waals surface area contributed by atoms with E-state index in [1.54, 1.807) is 0 Å². The molecule has 1 nitrogen and oxygen atoms in total. The molecule has 0 saturated carbocycles. The molecule has 0 aliphatic heterocycles. The van der Waals surface area contributed by atoms with Crippen LogP contribution in [0.15, 0.2) is 24.6 Å². The van der Waals surface area contributed by atoms with Crippen molar-refractivity contribution in [3.63, 3.8) is 0 Å². The molecule has 0 amide bonds. The molecule has 13 heavy (non-hydrogen) atoms. The van der Waals surface area contributed by atoms with Crippen LogP contribution in [0.5, 0.6) is 0 Å². The van der Waals surface area contributed by atoms with Crippen molar-refractivity contribution in [2.24, 2.45) is 0 Å². The molecule has 0 atom stereocenters. The fourth-order valence-corrected chi connectivity index (χ4v) is 1.02. The third-order valence-electron chi connectivity index (χ3n) is 1.84. The maximum Gasteiger partial charge on any atom is 0.0219 e. The number of nitrogens with zero attached hydrogens (tertiary/aromatic N) is 1. The first-order valence-electron chi connectivity index (χ1n) is 5.44. The summed E-state index contributed by atoms with van der Waals surface area (Å²) in [5.41, 5.74) is 0. The second-order valence-electron chi connectivity index (χ2n) is 3.18. The van der Waals surface area contributed by atoms with Crippen molar-refractivity contribution in [1.29, 1.82) is 0 Å². The maximum atomic E-state index is 2.27. The Morgan fingerprint density at radius 1 is 0.923 bits per heavy atom. The van der Waals surface area contributed by atoms with Gasteiger partial charge in [0.15, 0.2) is 0 Å². The van der Waals surface area contributed by atoms with Crippen molar-refractivity contribution in [1.82, 2.24) is 4.90 Å². The van der Waals surface area contributed by atoms with Crippen LogP contribution in [-0.2, 0) is 0 Å². The van der Waals surface area contributed by atoms with Crippen LogP contribution in [-0.4, -0.2) is 11.4 Å². The molecule has 1 heteroatoms. The molecule has 0 radical (unpaired) electrons. The second kappa shape index (κ2) is 9.37. The summed E-state index contributed by atoms with van der Waals surface area (Å²) in [7, 11) is 0. The molecule has 0 aromatic heterocycles. The van der Waals surface area contributed by atoms with Gasteiger partial charge in [-0.15, -0.1) is 0 Å². The highest BCUT2D eigenvalue weighted by atomic mass is 15.1. The monoisotopic (exact) mass is 181 g/mol. The van der Waals surface area contributed by atoms with Crippen LogP contribution in [0, 0.1) is 0 Å². The first-order valence-corrected chi connectivity index (χ1v) is 5.44. The quantitative estimate of drug-likeness (QED) is 0.575. The van der Waals surface area contributed by atoms with Crippen molar-refractivity contribution in [3.8, 4) is 0 Å². The largest absolute Gasteiger partial charge is 0.355 e. The number of unbranched alkanes of at least 4 members (excludes halogenated alkanes) is 1. The van der Waals surface area contributed by atoms with Gasteiger partial charge in [-0.25, -0.2) is 0 Å². The number of rotatable bonds is 7. The van der Waals surface area contributed by atoms with Crippen LogP contribution in [0.4, 0.5) is 0 Å². The predicted molar refractivity (Wildman–Crippen MR) is 60.5 cm³/mol. The fraction of sp³-hybridized carbons (Fsp3) is 0.667. The molecule has 0 rings (SSSR count).